The van der Waals surface area contributed by atoms with Gasteiger partial charge in [-0.3, -0.25) is 0 Å². The van der Waals surface area contributed by atoms with E-state index in [1.54, 1.807) is 48.5 Å². The van der Waals surface area contributed by atoms with E-state index in [-0.39, 0.29) is 16.7 Å². The molecular formula is C19H14F2O3. The van der Waals surface area contributed by atoms with Crippen molar-refractivity contribution in [2.75, 3.05) is 0 Å². The van der Waals surface area contributed by atoms with Crippen LogP contribution in [-0.4, -0.2) is 17.0 Å². The molecule has 3 aromatic rings. The third-order valence-corrected chi connectivity index (χ3v) is 4.68. The standard InChI is InChI=1S/C19H14F2O3/c1-10-14(18(22)23)15-12(8-5-9-13(15)24-10)17-16(19(17,20)21)11-6-3-2-4-7-11/h2-9,16-17H,1H3,(H,22,23)/t16-,17-/m0/s1. The largest absolute Gasteiger partial charge is 0.478 e. The second-order valence-corrected chi connectivity index (χ2v) is 6.10. The van der Waals surface area contributed by atoms with E-state index in [4.69, 9.17) is 4.42 Å². The predicted octanol–water partition coefficient (Wildman–Crippen LogP) is 4.96. The molecule has 1 aliphatic rings. The zero-order valence-corrected chi connectivity index (χ0v) is 12.8. The first-order chi connectivity index (χ1) is 11.4. The molecule has 0 unspecified atom stereocenters. The van der Waals surface area contributed by atoms with Crippen LogP contribution in [0.25, 0.3) is 11.0 Å². The van der Waals surface area contributed by atoms with Gasteiger partial charge in [0.15, 0.2) is 0 Å². The molecular weight excluding hydrogens is 314 g/mol. The number of aryl methyl sites for hydroxylation is 1. The number of hydrogen-bond acceptors (Lipinski definition) is 2. The molecule has 1 N–H and O–H groups in total. The van der Waals surface area contributed by atoms with Gasteiger partial charge in [-0.25, -0.2) is 13.6 Å². The first-order valence-corrected chi connectivity index (χ1v) is 7.61. The number of alkyl halides is 2. The van der Waals surface area contributed by atoms with Crippen molar-refractivity contribution >= 4 is 16.9 Å². The molecule has 0 aliphatic heterocycles. The zero-order valence-electron chi connectivity index (χ0n) is 12.8. The van der Waals surface area contributed by atoms with Crippen molar-refractivity contribution in [3.05, 3.63) is 71.0 Å². The first-order valence-electron chi connectivity index (χ1n) is 7.61. The van der Waals surface area contributed by atoms with Gasteiger partial charge >= 0.3 is 5.97 Å². The zero-order chi connectivity index (χ0) is 17.1. The molecule has 0 saturated heterocycles. The van der Waals surface area contributed by atoms with Gasteiger partial charge in [-0.15, -0.1) is 0 Å². The lowest BCUT2D eigenvalue weighted by Gasteiger charge is -2.03. The lowest BCUT2D eigenvalue weighted by Crippen LogP contribution is -2.00. The van der Waals surface area contributed by atoms with Crippen molar-refractivity contribution in [3.63, 3.8) is 0 Å². The SMILES string of the molecule is Cc1oc2cccc([C@H]3[C@H](c4ccccc4)C3(F)F)c2c1C(=O)O. The Kier molecular flexibility index (Phi) is 3.04. The molecule has 1 saturated carbocycles. The minimum atomic E-state index is -2.91. The van der Waals surface area contributed by atoms with Crippen LogP contribution < -0.4 is 0 Å². The Morgan fingerprint density at radius 1 is 1.08 bits per heavy atom. The number of rotatable bonds is 3. The maximum absolute atomic E-state index is 14.5. The van der Waals surface area contributed by atoms with E-state index >= 15 is 0 Å². The summed E-state index contributed by atoms with van der Waals surface area (Å²) in [6, 6.07) is 13.4. The Morgan fingerprint density at radius 2 is 1.79 bits per heavy atom. The number of halogens is 2. The van der Waals surface area contributed by atoms with Crippen LogP contribution in [0.15, 0.2) is 52.9 Å². The van der Waals surface area contributed by atoms with Crippen LogP contribution in [0.2, 0.25) is 0 Å². The number of carbonyl (C=O) groups is 1. The van der Waals surface area contributed by atoms with Crippen LogP contribution in [-0.2, 0) is 0 Å². The molecule has 0 amide bonds. The Morgan fingerprint density at radius 3 is 2.46 bits per heavy atom. The lowest BCUT2D eigenvalue weighted by atomic mass is 9.98. The van der Waals surface area contributed by atoms with Crippen molar-refractivity contribution in [1.29, 1.82) is 0 Å². The molecule has 1 aromatic heterocycles. The quantitative estimate of drug-likeness (QED) is 0.739. The minimum Gasteiger partial charge on any atom is -0.478 e. The van der Waals surface area contributed by atoms with Gasteiger partial charge in [0.1, 0.15) is 16.9 Å². The van der Waals surface area contributed by atoms with Crippen LogP contribution in [0.1, 0.15) is 39.1 Å². The van der Waals surface area contributed by atoms with Crippen molar-refractivity contribution in [1.82, 2.24) is 0 Å². The highest BCUT2D eigenvalue weighted by atomic mass is 19.3. The maximum Gasteiger partial charge on any atom is 0.339 e. The highest BCUT2D eigenvalue weighted by molar-refractivity contribution is 6.05. The fraction of sp³-hybridized carbons (Fsp3) is 0.211. The summed E-state index contributed by atoms with van der Waals surface area (Å²) in [7, 11) is 0. The van der Waals surface area contributed by atoms with Gasteiger partial charge in [0.25, 0.3) is 5.92 Å². The smallest absolute Gasteiger partial charge is 0.339 e. The molecule has 4 rings (SSSR count). The van der Waals surface area contributed by atoms with Crippen molar-refractivity contribution in [3.8, 4) is 0 Å². The summed E-state index contributed by atoms with van der Waals surface area (Å²) < 4.78 is 34.5. The molecule has 0 radical (unpaired) electrons. The number of furan rings is 1. The average Bonchev–Trinajstić information content (AvgIpc) is 2.93. The lowest BCUT2D eigenvalue weighted by molar-refractivity contribution is 0.0696. The summed E-state index contributed by atoms with van der Waals surface area (Å²) in [6.45, 7) is 1.53. The maximum atomic E-state index is 14.5. The summed E-state index contributed by atoms with van der Waals surface area (Å²) in [5.74, 6) is -5.83. The van der Waals surface area contributed by atoms with Crippen molar-refractivity contribution < 1.29 is 23.1 Å². The molecule has 1 aliphatic carbocycles. The van der Waals surface area contributed by atoms with Gasteiger partial charge in [0.05, 0.1) is 11.8 Å². The fourth-order valence-corrected chi connectivity index (χ4v) is 3.60. The number of carboxylic acid groups (broad SMARTS) is 1. The average molecular weight is 328 g/mol. The first kappa shape index (κ1) is 14.9. The molecule has 122 valence electrons. The van der Waals surface area contributed by atoms with Gasteiger partial charge in [-0.1, -0.05) is 42.5 Å². The monoisotopic (exact) mass is 328 g/mol. The Bertz CT molecular complexity index is 944. The molecule has 0 spiro atoms. The summed E-state index contributed by atoms with van der Waals surface area (Å²) in [4.78, 5) is 11.6. The van der Waals surface area contributed by atoms with E-state index in [1.165, 1.54) is 6.92 Å². The second kappa shape index (κ2) is 4.90. The van der Waals surface area contributed by atoms with Crippen LogP contribution in [0, 0.1) is 6.92 Å². The third-order valence-electron chi connectivity index (χ3n) is 4.68. The van der Waals surface area contributed by atoms with E-state index in [0.29, 0.717) is 16.7 Å². The van der Waals surface area contributed by atoms with E-state index in [0.717, 1.165) is 0 Å². The van der Waals surface area contributed by atoms with Crippen LogP contribution in [0.3, 0.4) is 0 Å². The second-order valence-electron chi connectivity index (χ2n) is 6.10. The van der Waals surface area contributed by atoms with E-state index in [9.17, 15) is 18.7 Å². The molecule has 3 nitrogen and oxygen atoms in total. The van der Waals surface area contributed by atoms with E-state index < -0.39 is 23.7 Å². The predicted molar refractivity (Wildman–Crippen MR) is 84.8 cm³/mol. The number of carboxylic acids is 1. The Balaban J connectivity index is 1.90. The number of fused-ring (bicyclic) bond motifs is 1. The summed E-state index contributed by atoms with van der Waals surface area (Å²) >= 11 is 0. The molecule has 24 heavy (non-hydrogen) atoms. The number of hydrogen-bond donors (Lipinski definition) is 1. The fourth-order valence-electron chi connectivity index (χ4n) is 3.60. The third kappa shape index (κ3) is 1.97. The van der Waals surface area contributed by atoms with E-state index in [2.05, 4.69) is 0 Å². The normalized spacial score (nSPS) is 21.8. The Labute approximate surface area is 136 Å². The van der Waals surface area contributed by atoms with E-state index in [1.807, 2.05) is 0 Å². The molecule has 1 fully saturated rings. The van der Waals surface area contributed by atoms with Crippen molar-refractivity contribution in [2.45, 2.75) is 24.7 Å². The molecule has 2 atom stereocenters. The van der Waals surface area contributed by atoms with Gasteiger partial charge in [0.2, 0.25) is 0 Å². The van der Waals surface area contributed by atoms with Gasteiger partial charge in [-0.2, -0.15) is 0 Å². The molecule has 0 bridgehead atoms. The molecule has 2 aromatic carbocycles. The van der Waals surface area contributed by atoms with Crippen LogP contribution in [0.5, 0.6) is 0 Å². The van der Waals surface area contributed by atoms with Crippen molar-refractivity contribution in [2.24, 2.45) is 0 Å². The highest BCUT2D eigenvalue weighted by Crippen LogP contribution is 2.68. The molecule has 5 heteroatoms. The highest BCUT2D eigenvalue weighted by Gasteiger charge is 2.69. The van der Waals surface area contributed by atoms with Gasteiger partial charge in [-0.05, 0) is 24.1 Å². The Hall–Kier alpha value is -2.69. The summed E-state index contributed by atoms with van der Waals surface area (Å²) in [5, 5.41) is 9.73. The van der Waals surface area contributed by atoms with Crippen LogP contribution in [0.4, 0.5) is 8.78 Å². The summed E-state index contributed by atoms with van der Waals surface area (Å²) in [5.41, 5.74) is 1.19. The van der Waals surface area contributed by atoms with Gasteiger partial charge < -0.3 is 9.52 Å². The van der Waals surface area contributed by atoms with Crippen LogP contribution >= 0.6 is 0 Å². The summed E-state index contributed by atoms with van der Waals surface area (Å²) in [6.07, 6.45) is 0. The number of aromatic carboxylic acids is 1. The number of benzene rings is 2. The van der Waals surface area contributed by atoms with Gasteiger partial charge in [0, 0.05) is 5.39 Å². The topological polar surface area (TPSA) is 50.4 Å². The minimum absolute atomic E-state index is 0.0323. The molecule has 1 heterocycles.